The Bertz CT molecular complexity index is 853. The molecule has 0 spiro atoms. The number of hydrogen-bond donors (Lipinski definition) is 1. The minimum atomic E-state index is 0. The summed E-state index contributed by atoms with van der Waals surface area (Å²) in [6, 6.07) is 5.99. The van der Waals surface area contributed by atoms with E-state index in [1.165, 1.54) is 5.01 Å². The largest absolute Gasteiger partial charge is 0.497 e. The topological polar surface area (TPSA) is 62.2 Å². The molecule has 0 atom stereocenters. The molecule has 1 saturated heterocycles. The second-order valence-corrected chi connectivity index (χ2v) is 8.46. The summed E-state index contributed by atoms with van der Waals surface area (Å²) < 4.78 is 10.9. The number of ether oxygens (including phenoxy) is 2. The van der Waals surface area contributed by atoms with Crippen molar-refractivity contribution in [2.45, 2.75) is 33.2 Å². The van der Waals surface area contributed by atoms with Crippen LogP contribution >= 0.6 is 35.3 Å². The van der Waals surface area contributed by atoms with E-state index >= 15 is 0 Å². The summed E-state index contributed by atoms with van der Waals surface area (Å²) in [5.74, 6) is 2.78. The number of aromatic nitrogens is 1. The van der Waals surface area contributed by atoms with Gasteiger partial charge in [0.25, 0.3) is 0 Å². The monoisotopic (exact) mass is 573 g/mol. The second-order valence-electron chi connectivity index (χ2n) is 7.51. The van der Waals surface area contributed by atoms with Crippen LogP contribution in [0.5, 0.6) is 11.5 Å². The van der Waals surface area contributed by atoms with Crippen LogP contribution in [0.15, 0.2) is 28.6 Å². The molecule has 2 aromatic rings. The fourth-order valence-electron chi connectivity index (χ4n) is 3.69. The highest BCUT2D eigenvalue weighted by Crippen LogP contribution is 2.25. The number of nitrogens with one attached hydrogen (secondary N) is 1. The fraction of sp³-hybridized carbons (Fsp3) is 0.565. The van der Waals surface area contributed by atoms with Gasteiger partial charge in [0.2, 0.25) is 0 Å². The van der Waals surface area contributed by atoms with Crippen LogP contribution in [0.2, 0.25) is 0 Å². The van der Waals surface area contributed by atoms with Crippen molar-refractivity contribution >= 4 is 41.3 Å². The third kappa shape index (κ3) is 7.48. The predicted octanol–water partition coefficient (Wildman–Crippen LogP) is 3.67. The number of guanidine groups is 1. The fourth-order valence-corrected chi connectivity index (χ4v) is 4.47. The van der Waals surface area contributed by atoms with Gasteiger partial charge in [-0.3, -0.25) is 9.89 Å². The van der Waals surface area contributed by atoms with Gasteiger partial charge in [-0.15, -0.1) is 35.3 Å². The second kappa shape index (κ2) is 13.8. The van der Waals surface area contributed by atoms with E-state index in [9.17, 15) is 0 Å². The minimum absolute atomic E-state index is 0. The highest BCUT2D eigenvalue weighted by Gasteiger charge is 2.21. The Morgan fingerprint density at radius 1 is 1.16 bits per heavy atom. The number of thiazole rings is 1. The summed E-state index contributed by atoms with van der Waals surface area (Å²) >= 11 is 1.74. The standard InChI is InChI=1S/C23H35N5O2S.HI/c1-5-22-26-19(17-31-22)9-10-25-23(24-6-2)28-13-11-27(12-14-28)16-18-15-20(29-3)7-8-21(18)30-4;/h7-8,15,17H,5-6,9-14,16H2,1-4H3,(H,24,25);1H. The molecule has 9 heteroatoms. The average Bonchev–Trinajstić information content (AvgIpc) is 3.27. The lowest BCUT2D eigenvalue weighted by molar-refractivity contribution is 0.171. The Morgan fingerprint density at radius 3 is 2.56 bits per heavy atom. The molecular weight excluding hydrogens is 537 g/mol. The summed E-state index contributed by atoms with van der Waals surface area (Å²) in [6.45, 7) is 10.6. The van der Waals surface area contributed by atoms with Crippen LogP contribution in [0.4, 0.5) is 0 Å². The van der Waals surface area contributed by atoms with Crippen molar-refractivity contribution in [1.29, 1.82) is 0 Å². The highest BCUT2D eigenvalue weighted by molar-refractivity contribution is 14.0. The lowest BCUT2D eigenvalue weighted by atomic mass is 10.1. The van der Waals surface area contributed by atoms with Gasteiger partial charge in [-0.05, 0) is 31.5 Å². The molecule has 1 aliphatic heterocycles. The summed E-state index contributed by atoms with van der Waals surface area (Å²) in [6.07, 6.45) is 1.89. The van der Waals surface area contributed by atoms with Crippen LogP contribution in [-0.4, -0.2) is 74.2 Å². The Kier molecular flexibility index (Phi) is 11.5. The number of hydrogen-bond acceptors (Lipinski definition) is 6. The normalized spacial score (nSPS) is 14.8. The van der Waals surface area contributed by atoms with E-state index < -0.39 is 0 Å². The van der Waals surface area contributed by atoms with Gasteiger partial charge in [-0.25, -0.2) is 4.98 Å². The molecule has 1 aromatic heterocycles. The van der Waals surface area contributed by atoms with Crippen molar-refractivity contribution in [3.05, 3.63) is 39.8 Å². The first-order valence-corrected chi connectivity index (χ1v) is 11.9. The summed E-state index contributed by atoms with van der Waals surface area (Å²) in [5, 5.41) is 6.82. The summed E-state index contributed by atoms with van der Waals surface area (Å²) in [4.78, 5) is 14.3. The Labute approximate surface area is 213 Å². The maximum atomic E-state index is 5.54. The van der Waals surface area contributed by atoms with Crippen molar-refractivity contribution in [1.82, 2.24) is 20.1 Å². The van der Waals surface area contributed by atoms with Crippen molar-refractivity contribution in [2.75, 3.05) is 53.5 Å². The van der Waals surface area contributed by atoms with Crippen molar-refractivity contribution in [2.24, 2.45) is 4.99 Å². The number of aryl methyl sites for hydroxylation is 1. The van der Waals surface area contributed by atoms with Gasteiger partial charge in [0.1, 0.15) is 11.5 Å². The number of methoxy groups -OCH3 is 2. The van der Waals surface area contributed by atoms with Gasteiger partial charge in [-0.2, -0.15) is 0 Å². The third-order valence-corrected chi connectivity index (χ3v) is 6.46. The van der Waals surface area contributed by atoms with Gasteiger partial charge >= 0.3 is 0 Å². The van der Waals surface area contributed by atoms with Gasteiger partial charge in [-0.1, -0.05) is 6.92 Å². The van der Waals surface area contributed by atoms with Crippen LogP contribution in [0.3, 0.4) is 0 Å². The first-order chi connectivity index (χ1) is 15.2. The van der Waals surface area contributed by atoms with Crippen LogP contribution in [0, 0.1) is 0 Å². The van der Waals surface area contributed by atoms with E-state index in [0.29, 0.717) is 0 Å². The highest BCUT2D eigenvalue weighted by atomic mass is 127. The van der Waals surface area contributed by atoms with Crippen LogP contribution in [0.1, 0.15) is 30.1 Å². The molecule has 1 aliphatic rings. The molecule has 0 aliphatic carbocycles. The zero-order valence-electron chi connectivity index (χ0n) is 19.6. The summed E-state index contributed by atoms with van der Waals surface area (Å²) in [5.41, 5.74) is 2.31. The van der Waals surface area contributed by atoms with Crippen molar-refractivity contribution in [3.8, 4) is 11.5 Å². The van der Waals surface area contributed by atoms with Crippen molar-refractivity contribution in [3.63, 3.8) is 0 Å². The van der Waals surface area contributed by atoms with E-state index in [1.807, 2.05) is 12.1 Å². The van der Waals surface area contributed by atoms with E-state index in [0.717, 1.165) is 87.4 Å². The van der Waals surface area contributed by atoms with Gasteiger partial charge in [0, 0.05) is 63.2 Å². The number of piperazine rings is 1. The zero-order valence-corrected chi connectivity index (χ0v) is 22.7. The molecule has 0 radical (unpaired) electrons. The molecule has 0 saturated carbocycles. The van der Waals surface area contributed by atoms with Crippen LogP contribution in [-0.2, 0) is 19.4 Å². The Morgan fingerprint density at radius 2 is 1.94 bits per heavy atom. The molecule has 0 bridgehead atoms. The quantitative estimate of drug-likeness (QED) is 0.281. The molecule has 1 fully saturated rings. The molecule has 2 heterocycles. The maximum Gasteiger partial charge on any atom is 0.194 e. The van der Waals surface area contributed by atoms with Gasteiger partial charge in [0.05, 0.1) is 24.9 Å². The van der Waals surface area contributed by atoms with Crippen molar-refractivity contribution < 1.29 is 9.47 Å². The molecule has 0 unspecified atom stereocenters. The number of rotatable bonds is 9. The SMILES string of the molecule is CCNC(=NCCc1csc(CC)n1)N1CCN(Cc2cc(OC)ccc2OC)CC1.I. The smallest absolute Gasteiger partial charge is 0.194 e. The van der Waals surface area contributed by atoms with Gasteiger partial charge < -0.3 is 19.7 Å². The zero-order chi connectivity index (χ0) is 22.1. The number of halogens is 1. The molecule has 178 valence electrons. The van der Waals surface area contributed by atoms with E-state index in [-0.39, 0.29) is 24.0 Å². The summed E-state index contributed by atoms with van der Waals surface area (Å²) in [7, 11) is 3.42. The number of nitrogens with zero attached hydrogens (tertiary/aromatic N) is 4. The molecule has 1 aromatic carbocycles. The first kappa shape index (κ1) is 26.7. The van der Waals surface area contributed by atoms with Gasteiger partial charge in [0.15, 0.2) is 5.96 Å². The average molecular weight is 574 g/mol. The number of aliphatic imine (C=N–C) groups is 1. The number of benzene rings is 1. The minimum Gasteiger partial charge on any atom is -0.497 e. The molecule has 7 nitrogen and oxygen atoms in total. The molecule has 32 heavy (non-hydrogen) atoms. The first-order valence-electron chi connectivity index (χ1n) is 11.1. The molecule has 1 N–H and O–H groups in total. The lowest BCUT2D eigenvalue weighted by Gasteiger charge is -2.36. The predicted molar refractivity (Wildman–Crippen MR) is 143 cm³/mol. The Hall–Kier alpha value is -1.59. The Balaban J connectivity index is 0.00000363. The van der Waals surface area contributed by atoms with E-state index in [1.54, 1.807) is 25.6 Å². The van der Waals surface area contributed by atoms with E-state index in [2.05, 4.69) is 45.4 Å². The van der Waals surface area contributed by atoms with E-state index in [4.69, 9.17) is 14.5 Å². The molecule has 0 amide bonds. The lowest BCUT2D eigenvalue weighted by Crippen LogP contribution is -2.52. The molecular formula is C23H36IN5O2S. The molecule has 3 rings (SSSR count). The maximum absolute atomic E-state index is 5.54. The van der Waals surface area contributed by atoms with Crippen LogP contribution < -0.4 is 14.8 Å². The van der Waals surface area contributed by atoms with Crippen LogP contribution in [0.25, 0.3) is 0 Å². The third-order valence-electron chi connectivity index (χ3n) is 5.42.